The van der Waals surface area contributed by atoms with Gasteiger partial charge < -0.3 is 8.85 Å². The fourth-order valence-corrected chi connectivity index (χ4v) is 4.14. The van der Waals surface area contributed by atoms with E-state index >= 15 is 0 Å². The van der Waals surface area contributed by atoms with Crippen molar-refractivity contribution in [3.63, 3.8) is 0 Å². The Bertz CT molecular complexity index is 142. The summed E-state index contributed by atoms with van der Waals surface area (Å²) in [4.78, 5) is 0. The standard InChI is InChI=1S/C8H16O2Si/c1-11(2)9-7-5-3-4-6-8(7)10-11/h7-8H,3-6H2,1-2H3. The summed E-state index contributed by atoms with van der Waals surface area (Å²) in [5.41, 5.74) is 0. The first kappa shape index (κ1) is 7.77. The lowest BCUT2D eigenvalue weighted by Gasteiger charge is -2.22. The van der Waals surface area contributed by atoms with Crippen LogP contribution in [0.3, 0.4) is 0 Å². The maximum Gasteiger partial charge on any atom is 0.332 e. The van der Waals surface area contributed by atoms with Crippen molar-refractivity contribution < 1.29 is 8.85 Å². The van der Waals surface area contributed by atoms with E-state index in [2.05, 4.69) is 13.1 Å². The Balaban J connectivity index is 2.03. The maximum absolute atomic E-state index is 5.87. The summed E-state index contributed by atoms with van der Waals surface area (Å²) in [5, 5.41) is 0. The smallest absolute Gasteiger partial charge is 0.332 e. The van der Waals surface area contributed by atoms with Crippen LogP contribution in [0.4, 0.5) is 0 Å². The lowest BCUT2D eigenvalue weighted by Crippen LogP contribution is -2.28. The molecule has 0 bridgehead atoms. The molecule has 0 N–H and O–H groups in total. The van der Waals surface area contributed by atoms with E-state index in [1.807, 2.05) is 0 Å². The Morgan fingerprint density at radius 1 is 1.00 bits per heavy atom. The normalized spacial score (nSPS) is 42.0. The maximum atomic E-state index is 5.87. The van der Waals surface area contributed by atoms with Crippen molar-refractivity contribution >= 4 is 8.56 Å². The van der Waals surface area contributed by atoms with Crippen LogP contribution in [0, 0.1) is 0 Å². The summed E-state index contributed by atoms with van der Waals surface area (Å²) < 4.78 is 11.7. The molecule has 1 aliphatic heterocycles. The molecule has 2 nitrogen and oxygen atoms in total. The van der Waals surface area contributed by atoms with Crippen LogP contribution >= 0.6 is 0 Å². The largest absolute Gasteiger partial charge is 0.389 e. The average Bonchev–Trinajstić information content (AvgIpc) is 2.21. The number of fused-ring (bicyclic) bond motifs is 1. The zero-order valence-electron chi connectivity index (χ0n) is 7.30. The highest BCUT2D eigenvalue weighted by Gasteiger charge is 2.44. The molecule has 2 unspecified atom stereocenters. The van der Waals surface area contributed by atoms with Gasteiger partial charge in [0, 0.05) is 0 Å². The first-order valence-electron chi connectivity index (χ1n) is 4.53. The predicted octanol–water partition coefficient (Wildman–Crippen LogP) is 2.05. The van der Waals surface area contributed by atoms with Gasteiger partial charge in [0.15, 0.2) is 0 Å². The molecule has 2 fully saturated rings. The quantitative estimate of drug-likeness (QED) is 0.521. The van der Waals surface area contributed by atoms with E-state index in [1.165, 1.54) is 25.7 Å². The van der Waals surface area contributed by atoms with Crippen molar-refractivity contribution in [2.24, 2.45) is 0 Å². The lowest BCUT2D eigenvalue weighted by atomic mass is 9.95. The Kier molecular flexibility index (Phi) is 1.82. The zero-order chi connectivity index (χ0) is 7.90. The molecular weight excluding hydrogens is 156 g/mol. The third-order valence-corrected chi connectivity index (χ3v) is 4.25. The van der Waals surface area contributed by atoms with Crippen molar-refractivity contribution in [2.45, 2.75) is 51.0 Å². The Morgan fingerprint density at radius 2 is 1.45 bits per heavy atom. The molecule has 0 amide bonds. The van der Waals surface area contributed by atoms with Crippen LogP contribution in [0.25, 0.3) is 0 Å². The summed E-state index contributed by atoms with van der Waals surface area (Å²) in [7, 11) is -1.67. The van der Waals surface area contributed by atoms with Gasteiger partial charge in [-0.15, -0.1) is 0 Å². The van der Waals surface area contributed by atoms with Gasteiger partial charge in [0.25, 0.3) is 0 Å². The van der Waals surface area contributed by atoms with E-state index in [9.17, 15) is 0 Å². The second-order valence-corrected chi connectivity index (χ2v) is 7.27. The Morgan fingerprint density at radius 3 is 1.91 bits per heavy atom. The molecule has 1 saturated heterocycles. The van der Waals surface area contributed by atoms with Gasteiger partial charge in [-0.2, -0.15) is 0 Å². The van der Waals surface area contributed by atoms with Crippen LogP contribution in [0.5, 0.6) is 0 Å². The highest BCUT2D eigenvalue weighted by Crippen LogP contribution is 2.34. The van der Waals surface area contributed by atoms with Gasteiger partial charge in [0.2, 0.25) is 0 Å². The first-order valence-corrected chi connectivity index (χ1v) is 7.35. The van der Waals surface area contributed by atoms with Crippen LogP contribution in [0.2, 0.25) is 13.1 Å². The zero-order valence-corrected chi connectivity index (χ0v) is 8.30. The van der Waals surface area contributed by atoms with Crippen LogP contribution in [0.15, 0.2) is 0 Å². The van der Waals surface area contributed by atoms with Gasteiger partial charge in [0.1, 0.15) is 0 Å². The third-order valence-electron chi connectivity index (χ3n) is 2.51. The topological polar surface area (TPSA) is 18.5 Å². The third kappa shape index (κ3) is 1.50. The number of rotatable bonds is 0. The number of hydrogen-bond donors (Lipinski definition) is 0. The molecule has 1 aliphatic carbocycles. The summed E-state index contributed by atoms with van der Waals surface area (Å²) in [5.74, 6) is 0. The summed E-state index contributed by atoms with van der Waals surface area (Å²) in [6, 6.07) is 0. The predicted molar refractivity (Wildman–Crippen MR) is 45.7 cm³/mol. The van der Waals surface area contributed by atoms with Crippen LogP contribution in [0.1, 0.15) is 25.7 Å². The minimum atomic E-state index is -1.67. The minimum Gasteiger partial charge on any atom is -0.389 e. The van der Waals surface area contributed by atoms with Gasteiger partial charge in [0.05, 0.1) is 12.2 Å². The molecule has 1 heterocycles. The highest BCUT2D eigenvalue weighted by molar-refractivity contribution is 6.65. The minimum absolute atomic E-state index is 0.449. The Labute approximate surface area is 69.1 Å². The van der Waals surface area contributed by atoms with Crippen LogP contribution in [-0.4, -0.2) is 20.8 Å². The van der Waals surface area contributed by atoms with Gasteiger partial charge >= 0.3 is 8.56 Å². The van der Waals surface area contributed by atoms with Crippen LogP contribution in [-0.2, 0) is 8.85 Å². The van der Waals surface area contributed by atoms with Crippen LogP contribution < -0.4 is 0 Å². The molecule has 0 aromatic carbocycles. The second kappa shape index (κ2) is 2.57. The van der Waals surface area contributed by atoms with E-state index in [0.717, 1.165) is 0 Å². The average molecular weight is 172 g/mol. The first-order chi connectivity index (χ1) is 5.17. The molecule has 0 aromatic heterocycles. The fraction of sp³-hybridized carbons (Fsp3) is 1.00. The van der Waals surface area contributed by atoms with Gasteiger partial charge in [-0.3, -0.25) is 0 Å². The highest BCUT2D eigenvalue weighted by atomic mass is 28.4. The monoisotopic (exact) mass is 172 g/mol. The van der Waals surface area contributed by atoms with Crippen molar-refractivity contribution in [2.75, 3.05) is 0 Å². The SMILES string of the molecule is C[Si]1(C)OC2CCCCC2O1. The van der Waals surface area contributed by atoms with E-state index in [0.29, 0.717) is 12.2 Å². The molecule has 2 atom stereocenters. The number of hydrogen-bond acceptors (Lipinski definition) is 2. The van der Waals surface area contributed by atoms with Gasteiger partial charge in [-0.05, 0) is 25.9 Å². The molecule has 64 valence electrons. The molecule has 11 heavy (non-hydrogen) atoms. The molecule has 2 aliphatic rings. The van der Waals surface area contributed by atoms with Crippen molar-refractivity contribution in [3.05, 3.63) is 0 Å². The molecule has 2 rings (SSSR count). The molecule has 0 radical (unpaired) electrons. The summed E-state index contributed by atoms with van der Waals surface area (Å²) in [6.45, 7) is 4.29. The van der Waals surface area contributed by atoms with Crippen molar-refractivity contribution in [3.8, 4) is 0 Å². The van der Waals surface area contributed by atoms with Crippen molar-refractivity contribution in [1.82, 2.24) is 0 Å². The van der Waals surface area contributed by atoms with E-state index in [4.69, 9.17) is 8.85 Å². The van der Waals surface area contributed by atoms with Gasteiger partial charge in [-0.25, -0.2) is 0 Å². The second-order valence-electron chi connectivity index (χ2n) is 4.00. The van der Waals surface area contributed by atoms with E-state index in [-0.39, 0.29) is 0 Å². The fourth-order valence-electron chi connectivity index (χ4n) is 2.09. The van der Waals surface area contributed by atoms with Gasteiger partial charge in [-0.1, -0.05) is 12.8 Å². The molecule has 0 spiro atoms. The molecular formula is C8H16O2Si. The van der Waals surface area contributed by atoms with Crippen molar-refractivity contribution in [1.29, 1.82) is 0 Å². The van der Waals surface area contributed by atoms with E-state index < -0.39 is 8.56 Å². The molecule has 0 aromatic rings. The van der Waals surface area contributed by atoms with E-state index in [1.54, 1.807) is 0 Å². The Hall–Kier alpha value is 0.137. The molecule has 3 heteroatoms. The molecule has 1 saturated carbocycles. The lowest BCUT2D eigenvalue weighted by molar-refractivity contribution is 0.110. The summed E-state index contributed by atoms with van der Waals surface area (Å²) >= 11 is 0. The summed E-state index contributed by atoms with van der Waals surface area (Å²) in [6.07, 6.45) is 6.00.